The second-order valence-electron chi connectivity index (χ2n) is 2.20. The Labute approximate surface area is 68.1 Å². The van der Waals surface area contributed by atoms with E-state index in [9.17, 15) is 0 Å². The predicted molar refractivity (Wildman–Crippen MR) is 48.6 cm³/mol. The molecule has 0 amide bonds. The van der Waals surface area contributed by atoms with Gasteiger partial charge in [-0.2, -0.15) is 0 Å². The Hall–Kier alpha value is -0.960. The summed E-state index contributed by atoms with van der Waals surface area (Å²) < 4.78 is 4.21. The van der Waals surface area contributed by atoms with Crippen LogP contribution in [0.25, 0.3) is 0 Å². The molecule has 56 valence electrons. The van der Waals surface area contributed by atoms with Gasteiger partial charge in [-0.15, -0.1) is 0 Å². The molecule has 0 aliphatic carbocycles. The summed E-state index contributed by atoms with van der Waals surface area (Å²) in [5, 5.41) is 0. The highest BCUT2D eigenvalue weighted by molar-refractivity contribution is 8.01. The van der Waals surface area contributed by atoms with Gasteiger partial charge in [-0.1, -0.05) is 12.1 Å². The number of hydrogen-bond donors (Lipinski definition) is 0. The molecule has 0 radical (unpaired) electrons. The summed E-state index contributed by atoms with van der Waals surface area (Å²) in [6.07, 6.45) is 0. The number of benzene rings is 1. The highest BCUT2D eigenvalue weighted by Crippen LogP contribution is 2.27. The third-order valence-electron chi connectivity index (χ3n) is 1.58. The molecule has 2 nitrogen and oxygen atoms in total. The zero-order valence-electron chi connectivity index (χ0n) is 6.19. The van der Waals surface area contributed by atoms with Gasteiger partial charge in [-0.05, 0) is 22.8 Å². The lowest BCUT2D eigenvalue weighted by molar-refractivity contribution is 1.39. The van der Waals surface area contributed by atoms with Gasteiger partial charge in [0.25, 0.3) is 0 Å². The van der Waals surface area contributed by atoms with Crippen molar-refractivity contribution >= 4 is 21.9 Å². The summed E-state index contributed by atoms with van der Waals surface area (Å²) in [6, 6.07) is 8.12. The van der Waals surface area contributed by atoms with Crippen LogP contribution >= 0.6 is 0 Å². The molecule has 0 N–H and O–H groups in total. The molecule has 1 heterocycles. The van der Waals surface area contributed by atoms with Crippen molar-refractivity contribution in [3.63, 3.8) is 0 Å². The monoisotopic (exact) mass is 164 g/mol. The summed E-state index contributed by atoms with van der Waals surface area (Å²) in [7, 11) is 1.75. The first-order valence-electron chi connectivity index (χ1n) is 3.38. The van der Waals surface area contributed by atoms with Crippen molar-refractivity contribution in [3.05, 3.63) is 24.3 Å². The molecule has 1 aliphatic rings. The van der Waals surface area contributed by atoms with Crippen molar-refractivity contribution in [1.29, 1.82) is 0 Å². The van der Waals surface area contributed by atoms with E-state index >= 15 is 0 Å². The fourth-order valence-electron chi connectivity index (χ4n) is 1.05. The maximum Gasteiger partial charge on any atom is 0.0785 e. The average molecular weight is 164 g/mol. The molecule has 0 saturated carbocycles. The fraction of sp³-hybridized carbons (Fsp3) is 0.125. The Bertz CT molecular complexity index is 342. The molecule has 1 aromatic rings. The maximum absolute atomic E-state index is 4.25. The number of hydrogen-bond acceptors (Lipinski definition) is 2. The van der Waals surface area contributed by atoms with Crippen LogP contribution in [0.5, 0.6) is 0 Å². The number of rotatable bonds is 0. The predicted octanol–water partition coefficient (Wildman–Crippen LogP) is 2.15. The molecule has 11 heavy (non-hydrogen) atoms. The highest BCUT2D eigenvalue weighted by atomic mass is 32.2. The lowest BCUT2D eigenvalue weighted by atomic mass is 10.3. The van der Waals surface area contributed by atoms with Crippen LogP contribution in [-0.2, 0) is 10.7 Å². The fourth-order valence-corrected chi connectivity index (χ4v) is 2.22. The van der Waals surface area contributed by atoms with Gasteiger partial charge >= 0.3 is 0 Å². The van der Waals surface area contributed by atoms with Crippen LogP contribution in [-0.4, -0.2) is 12.6 Å². The number of fused-ring (bicyclic) bond motifs is 1. The van der Waals surface area contributed by atoms with Crippen LogP contribution in [0.15, 0.2) is 38.5 Å². The minimum absolute atomic E-state index is 0.0759. The van der Waals surface area contributed by atoms with Crippen LogP contribution < -0.4 is 0 Å². The number of nitrogens with zero attached hydrogens (tertiary/aromatic N) is 2. The highest BCUT2D eigenvalue weighted by Gasteiger charge is 2.08. The van der Waals surface area contributed by atoms with Gasteiger partial charge in [-0.3, -0.25) is 4.36 Å². The Morgan fingerprint density at radius 3 is 3.00 bits per heavy atom. The van der Waals surface area contributed by atoms with Crippen molar-refractivity contribution < 1.29 is 0 Å². The Balaban J connectivity index is 2.63. The molecule has 0 bridgehead atoms. The van der Waals surface area contributed by atoms with Crippen LogP contribution in [0.2, 0.25) is 0 Å². The van der Waals surface area contributed by atoms with E-state index in [1.54, 1.807) is 0 Å². The zero-order valence-corrected chi connectivity index (χ0v) is 7.01. The minimum atomic E-state index is -0.0759. The van der Waals surface area contributed by atoms with Gasteiger partial charge in [0, 0.05) is 11.9 Å². The van der Waals surface area contributed by atoms with Crippen molar-refractivity contribution in [2.24, 2.45) is 9.36 Å². The molecular weight excluding hydrogens is 156 g/mol. The second kappa shape index (κ2) is 2.58. The standard InChI is InChI=1S/C8H8N2S/c1-9-11-6-10-7-4-2-3-5-8(7)11/h2-6H,1H3. The summed E-state index contributed by atoms with van der Waals surface area (Å²) in [6.45, 7) is 0. The maximum atomic E-state index is 4.25. The topological polar surface area (TPSA) is 24.7 Å². The first-order chi connectivity index (χ1) is 5.42. The van der Waals surface area contributed by atoms with Gasteiger partial charge < -0.3 is 0 Å². The van der Waals surface area contributed by atoms with Crippen LogP contribution in [0, 0.1) is 0 Å². The number of para-hydroxylation sites is 1. The Morgan fingerprint density at radius 2 is 2.18 bits per heavy atom. The molecule has 1 aromatic carbocycles. The molecule has 3 heteroatoms. The van der Waals surface area contributed by atoms with Crippen molar-refractivity contribution in [3.8, 4) is 0 Å². The average Bonchev–Trinajstić information content (AvgIpc) is 2.47. The third kappa shape index (κ3) is 1.01. The van der Waals surface area contributed by atoms with E-state index in [0.29, 0.717) is 0 Å². The smallest absolute Gasteiger partial charge is 0.0785 e. The van der Waals surface area contributed by atoms with E-state index in [0.717, 1.165) is 5.69 Å². The third-order valence-corrected chi connectivity index (χ3v) is 3.07. The molecule has 0 spiro atoms. The molecular formula is C8H8N2S. The summed E-state index contributed by atoms with van der Waals surface area (Å²) >= 11 is 0. The van der Waals surface area contributed by atoms with Crippen molar-refractivity contribution in [2.75, 3.05) is 7.05 Å². The molecule has 0 fully saturated rings. The molecule has 1 unspecified atom stereocenters. The van der Waals surface area contributed by atoms with Crippen molar-refractivity contribution in [1.82, 2.24) is 0 Å². The SMILES string of the molecule is CN=S1C=Nc2ccccc21. The molecule has 1 aliphatic heterocycles. The van der Waals surface area contributed by atoms with Gasteiger partial charge in [0.2, 0.25) is 0 Å². The van der Waals surface area contributed by atoms with Crippen molar-refractivity contribution in [2.45, 2.75) is 4.90 Å². The van der Waals surface area contributed by atoms with Gasteiger partial charge in [0.1, 0.15) is 0 Å². The summed E-state index contributed by atoms with van der Waals surface area (Å²) in [5.74, 6) is 0. The molecule has 2 rings (SSSR count). The summed E-state index contributed by atoms with van der Waals surface area (Å²) in [5.41, 5.74) is 2.98. The molecule has 1 atom stereocenters. The molecule has 0 saturated heterocycles. The van der Waals surface area contributed by atoms with E-state index in [1.807, 2.05) is 30.8 Å². The molecule has 0 aromatic heterocycles. The Kier molecular flexibility index (Phi) is 1.58. The van der Waals surface area contributed by atoms with E-state index in [1.165, 1.54) is 4.90 Å². The van der Waals surface area contributed by atoms with Crippen LogP contribution in [0.1, 0.15) is 0 Å². The quantitative estimate of drug-likeness (QED) is 0.561. The summed E-state index contributed by atoms with van der Waals surface area (Å²) in [4.78, 5) is 5.49. The lowest BCUT2D eigenvalue weighted by Crippen LogP contribution is -1.83. The first kappa shape index (κ1) is 6.73. The van der Waals surface area contributed by atoms with E-state index in [-0.39, 0.29) is 10.7 Å². The van der Waals surface area contributed by atoms with Crippen LogP contribution in [0.4, 0.5) is 5.69 Å². The van der Waals surface area contributed by atoms with Gasteiger partial charge in [-0.25, -0.2) is 4.99 Å². The van der Waals surface area contributed by atoms with E-state index < -0.39 is 0 Å². The second-order valence-corrected chi connectivity index (χ2v) is 3.84. The normalized spacial score (nSPS) is 20.6. The zero-order chi connectivity index (χ0) is 7.68. The first-order valence-corrected chi connectivity index (χ1v) is 4.62. The van der Waals surface area contributed by atoms with E-state index in [2.05, 4.69) is 15.4 Å². The van der Waals surface area contributed by atoms with Gasteiger partial charge in [0.15, 0.2) is 0 Å². The lowest BCUT2D eigenvalue weighted by Gasteiger charge is -1.95. The van der Waals surface area contributed by atoms with E-state index in [4.69, 9.17) is 0 Å². The minimum Gasteiger partial charge on any atom is -0.258 e. The number of aliphatic imine (C=N–C) groups is 1. The van der Waals surface area contributed by atoms with Crippen LogP contribution in [0.3, 0.4) is 0 Å². The Morgan fingerprint density at radius 1 is 1.36 bits per heavy atom. The largest absolute Gasteiger partial charge is 0.258 e. The van der Waals surface area contributed by atoms with Gasteiger partial charge in [0.05, 0.1) is 11.2 Å².